The van der Waals surface area contributed by atoms with Crippen LogP contribution in [0.2, 0.25) is 0 Å². The Balaban J connectivity index is 0.00000288. The fourth-order valence-corrected chi connectivity index (χ4v) is 2.29. The third kappa shape index (κ3) is 6.49. The van der Waals surface area contributed by atoms with Crippen LogP contribution in [0, 0.1) is 0 Å². The number of benzene rings is 2. The highest BCUT2D eigenvalue weighted by molar-refractivity contribution is 14.0. The maximum absolute atomic E-state index is 5.59. The van der Waals surface area contributed by atoms with E-state index in [2.05, 4.69) is 34.6 Å². The lowest BCUT2D eigenvalue weighted by atomic mass is 10.1. The molecule has 0 amide bonds. The van der Waals surface area contributed by atoms with E-state index in [-0.39, 0.29) is 30.1 Å². The molecular formula is C19H26IN3O. The normalized spacial score (nSPS) is 12.2. The molecule has 24 heavy (non-hydrogen) atoms. The highest BCUT2D eigenvalue weighted by Crippen LogP contribution is 2.14. The summed E-state index contributed by atoms with van der Waals surface area (Å²) in [7, 11) is 5.71. The minimum atomic E-state index is -0.00178. The van der Waals surface area contributed by atoms with Gasteiger partial charge in [-0.1, -0.05) is 60.7 Å². The first-order valence-electron chi connectivity index (χ1n) is 7.78. The van der Waals surface area contributed by atoms with Crippen molar-refractivity contribution >= 4 is 29.9 Å². The molecule has 0 aliphatic rings. The number of aliphatic imine (C=N–C) groups is 1. The molecule has 0 heterocycles. The molecule has 0 saturated carbocycles. The van der Waals surface area contributed by atoms with E-state index in [0.717, 1.165) is 11.5 Å². The van der Waals surface area contributed by atoms with E-state index in [0.29, 0.717) is 13.1 Å². The topological polar surface area (TPSA) is 36.9 Å². The van der Waals surface area contributed by atoms with Crippen LogP contribution >= 0.6 is 24.0 Å². The van der Waals surface area contributed by atoms with Gasteiger partial charge in [-0.3, -0.25) is 0 Å². The first-order chi connectivity index (χ1) is 11.2. The van der Waals surface area contributed by atoms with Crippen LogP contribution in [0.15, 0.2) is 65.7 Å². The molecular weight excluding hydrogens is 413 g/mol. The average molecular weight is 439 g/mol. The number of hydrogen-bond donors (Lipinski definition) is 1. The average Bonchev–Trinajstić information content (AvgIpc) is 2.59. The van der Waals surface area contributed by atoms with Gasteiger partial charge in [-0.25, -0.2) is 4.99 Å². The molecule has 130 valence electrons. The van der Waals surface area contributed by atoms with Crippen molar-refractivity contribution in [3.63, 3.8) is 0 Å². The minimum Gasteiger partial charge on any atom is -0.375 e. The zero-order chi connectivity index (χ0) is 16.5. The van der Waals surface area contributed by atoms with Crippen molar-refractivity contribution in [3.05, 3.63) is 71.8 Å². The first-order valence-corrected chi connectivity index (χ1v) is 7.78. The maximum Gasteiger partial charge on any atom is 0.193 e. The minimum absolute atomic E-state index is 0. The SMILES string of the molecule is COC(CNC(=NCc1ccccc1)N(C)C)c1ccccc1.I. The highest BCUT2D eigenvalue weighted by Gasteiger charge is 2.11. The summed E-state index contributed by atoms with van der Waals surface area (Å²) in [6.07, 6.45) is -0.00178. The van der Waals surface area contributed by atoms with Gasteiger partial charge >= 0.3 is 0 Å². The number of halogens is 1. The molecule has 0 saturated heterocycles. The van der Waals surface area contributed by atoms with Gasteiger partial charge in [-0.15, -0.1) is 24.0 Å². The molecule has 4 nitrogen and oxygen atoms in total. The number of methoxy groups -OCH3 is 1. The molecule has 1 unspecified atom stereocenters. The predicted molar refractivity (Wildman–Crippen MR) is 111 cm³/mol. The lowest BCUT2D eigenvalue weighted by Gasteiger charge is -2.22. The fourth-order valence-electron chi connectivity index (χ4n) is 2.29. The van der Waals surface area contributed by atoms with Crippen LogP contribution in [-0.2, 0) is 11.3 Å². The van der Waals surface area contributed by atoms with E-state index in [1.807, 2.05) is 55.4 Å². The molecule has 5 heteroatoms. The molecule has 0 aliphatic carbocycles. The Morgan fingerprint density at radius 2 is 1.62 bits per heavy atom. The quantitative estimate of drug-likeness (QED) is 0.424. The van der Waals surface area contributed by atoms with Gasteiger partial charge in [0.05, 0.1) is 12.6 Å². The summed E-state index contributed by atoms with van der Waals surface area (Å²) >= 11 is 0. The van der Waals surface area contributed by atoms with Crippen molar-refractivity contribution < 1.29 is 4.74 Å². The molecule has 0 aromatic heterocycles. The number of guanidine groups is 1. The summed E-state index contributed by atoms with van der Waals surface area (Å²) in [6.45, 7) is 1.33. The molecule has 1 atom stereocenters. The second-order valence-corrected chi connectivity index (χ2v) is 5.54. The Morgan fingerprint density at radius 1 is 1.04 bits per heavy atom. The lowest BCUT2D eigenvalue weighted by Crippen LogP contribution is -2.39. The Bertz CT molecular complexity index is 603. The predicted octanol–water partition coefficient (Wildman–Crippen LogP) is 3.70. The van der Waals surface area contributed by atoms with E-state index >= 15 is 0 Å². The number of hydrogen-bond acceptors (Lipinski definition) is 2. The maximum atomic E-state index is 5.59. The van der Waals surface area contributed by atoms with Crippen LogP contribution in [0.4, 0.5) is 0 Å². The van der Waals surface area contributed by atoms with Gasteiger partial charge in [0.1, 0.15) is 0 Å². The summed E-state index contributed by atoms with van der Waals surface area (Å²) in [5.74, 6) is 0.854. The molecule has 2 rings (SSSR count). The Kier molecular flexibility index (Phi) is 9.41. The summed E-state index contributed by atoms with van der Waals surface area (Å²) in [4.78, 5) is 6.66. The zero-order valence-electron chi connectivity index (χ0n) is 14.5. The second kappa shape index (κ2) is 11.0. The van der Waals surface area contributed by atoms with Crippen LogP contribution in [0.25, 0.3) is 0 Å². The standard InChI is InChI=1S/C19H25N3O.HI/c1-22(2)19(20-14-16-10-6-4-7-11-16)21-15-18(23-3)17-12-8-5-9-13-17;/h4-13,18H,14-15H2,1-3H3,(H,20,21);1H. The van der Waals surface area contributed by atoms with Gasteiger partial charge in [0.25, 0.3) is 0 Å². The zero-order valence-corrected chi connectivity index (χ0v) is 16.8. The first kappa shape index (κ1) is 20.4. The summed E-state index contributed by atoms with van der Waals surface area (Å²) < 4.78 is 5.59. The van der Waals surface area contributed by atoms with E-state index < -0.39 is 0 Å². The van der Waals surface area contributed by atoms with Crippen LogP contribution in [0.3, 0.4) is 0 Å². The Hall–Kier alpha value is -1.60. The third-order valence-corrected chi connectivity index (χ3v) is 3.58. The van der Waals surface area contributed by atoms with E-state index in [4.69, 9.17) is 4.74 Å². The van der Waals surface area contributed by atoms with E-state index in [9.17, 15) is 0 Å². The summed E-state index contributed by atoms with van der Waals surface area (Å²) in [6, 6.07) is 20.5. The monoisotopic (exact) mass is 439 g/mol. The van der Waals surface area contributed by atoms with Gasteiger partial charge in [-0.05, 0) is 11.1 Å². The van der Waals surface area contributed by atoms with Crippen molar-refractivity contribution in [1.29, 1.82) is 0 Å². The van der Waals surface area contributed by atoms with Crippen LogP contribution < -0.4 is 5.32 Å². The third-order valence-electron chi connectivity index (χ3n) is 3.58. The van der Waals surface area contributed by atoms with Crippen LogP contribution in [-0.4, -0.2) is 38.6 Å². The van der Waals surface area contributed by atoms with Crippen LogP contribution in [0.5, 0.6) is 0 Å². The van der Waals surface area contributed by atoms with Crippen LogP contribution in [0.1, 0.15) is 17.2 Å². The van der Waals surface area contributed by atoms with E-state index in [1.165, 1.54) is 5.56 Å². The number of nitrogens with zero attached hydrogens (tertiary/aromatic N) is 2. The smallest absolute Gasteiger partial charge is 0.193 e. The molecule has 0 radical (unpaired) electrons. The molecule has 2 aromatic carbocycles. The lowest BCUT2D eigenvalue weighted by molar-refractivity contribution is 0.106. The highest BCUT2D eigenvalue weighted by atomic mass is 127. The second-order valence-electron chi connectivity index (χ2n) is 5.54. The van der Waals surface area contributed by atoms with Gasteiger partial charge in [0, 0.05) is 27.7 Å². The summed E-state index contributed by atoms with van der Waals surface area (Å²) in [5, 5.41) is 3.39. The molecule has 0 fully saturated rings. The van der Waals surface area contributed by atoms with Gasteiger partial charge in [0.15, 0.2) is 5.96 Å². The molecule has 0 aliphatic heterocycles. The molecule has 0 bridgehead atoms. The number of rotatable bonds is 6. The Morgan fingerprint density at radius 3 is 2.17 bits per heavy atom. The molecule has 1 N–H and O–H groups in total. The van der Waals surface area contributed by atoms with Crippen molar-refractivity contribution in [1.82, 2.24) is 10.2 Å². The molecule has 0 spiro atoms. The van der Waals surface area contributed by atoms with E-state index in [1.54, 1.807) is 7.11 Å². The summed E-state index contributed by atoms with van der Waals surface area (Å²) in [5.41, 5.74) is 2.35. The van der Waals surface area contributed by atoms with Crippen molar-refractivity contribution in [3.8, 4) is 0 Å². The van der Waals surface area contributed by atoms with Gasteiger partial charge in [0.2, 0.25) is 0 Å². The number of ether oxygens (including phenoxy) is 1. The van der Waals surface area contributed by atoms with Gasteiger partial charge < -0.3 is 15.0 Å². The van der Waals surface area contributed by atoms with Crippen molar-refractivity contribution in [2.75, 3.05) is 27.7 Å². The van der Waals surface area contributed by atoms with Gasteiger partial charge in [-0.2, -0.15) is 0 Å². The van der Waals surface area contributed by atoms with Crippen molar-refractivity contribution in [2.24, 2.45) is 4.99 Å². The number of nitrogens with one attached hydrogen (secondary N) is 1. The largest absolute Gasteiger partial charge is 0.375 e. The molecule has 2 aromatic rings. The Labute approximate surface area is 162 Å². The fraction of sp³-hybridized carbons (Fsp3) is 0.316. The van der Waals surface area contributed by atoms with Crippen molar-refractivity contribution in [2.45, 2.75) is 12.6 Å².